The number of para-hydroxylation sites is 1. The maximum absolute atomic E-state index is 11.5. The van der Waals surface area contributed by atoms with Crippen molar-refractivity contribution in [2.45, 2.75) is 0 Å². The molecule has 0 saturated carbocycles. The summed E-state index contributed by atoms with van der Waals surface area (Å²) in [6.45, 7) is 0. The Hall–Kier alpha value is -3.14. The smallest absolute Gasteiger partial charge is 0.357 e. The number of hydrogen-bond acceptors (Lipinski definition) is 2. The Labute approximate surface area is 126 Å². The van der Waals surface area contributed by atoms with Crippen LogP contribution in [-0.4, -0.2) is 20.9 Å². The lowest BCUT2D eigenvalue weighted by Crippen LogP contribution is -2.01. The predicted octanol–water partition coefficient (Wildman–Crippen LogP) is 3.88. The third-order valence-electron chi connectivity index (χ3n) is 3.77. The van der Waals surface area contributed by atoms with Gasteiger partial charge in [0.25, 0.3) is 0 Å². The number of carboxylic acids is 1. The zero-order valence-corrected chi connectivity index (χ0v) is 11.6. The van der Waals surface area contributed by atoms with E-state index in [1.54, 1.807) is 4.68 Å². The second-order valence-electron chi connectivity index (χ2n) is 5.08. The lowest BCUT2D eigenvalue weighted by atomic mass is 10.1. The summed E-state index contributed by atoms with van der Waals surface area (Å²) in [7, 11) is 0. The van der Waals surface area contributed by atoms with Gasteiger partial charge in [0.05, 0.1) is 11.2 Å². The fourth-order valence-electron chi connectivity index (χ4n) is 2.79. The minimum atomic E-state index is -1.02. The van der Waals surface area contributed by atoms with Crippen molar-refractivity contribution < 1.29 is 9.90 Å². The van der Waals surface area contributed by atoms with Crippen LogP contribution in [0.5, 0.6) is 0 Å². The molecule has 1 heterocycles. The van der Waals surface area contributed by atoms with Crippen molar-refractivity contribution in [1.29, 1.82) is 0 Å². The quantitative estimate of drug-likeness (QED) is 0.609. The van der Waals surface area contributed by atoms with Gasteiger partial charge in [-0.05, 0) is 23.6 Å². The fraction of sp³-hybridized carbons (Fsp3) is 0. The van der Waals surface area contributed by atoms with E-state index in [1.165, 1.54) is 0 Å². The van der Waals surface area contributed by atoms with E-state index >= 15 is 0 Å². The number of carboxylic acid groups (broad SMARTS) is 1. The first-order chi connectivity index (χ1) is 10.8. The third-order valence-corrected chi connectivity index (χ3v) is 3.77. The first-order valence-corrected chi connectivity index (χ1v) is 6.95. The van der Waals surface area contributed by atoms with Gasteiger partial charge in [-0.3, -0.25) is 0 Å². The Morgan fingerprint density at radius 2 is 1.59 bits per heavy atom. The highest BCUT2D eigenvalue weighted by Gasteiger charge is 2.18. The lowest BCUT2D eigenvalue weighted by molar-refractivity contribution is 0.0692. The van der Waals surface area contributed by atoms with E-state index in [-0.39, 0.29) is 5.69 Å². The molecule has 0 saturated heterocycles. The third kappa shape index (κ3) is 1.78. The van der Waals surface area contributed by atoms with Crippen LogP contribution in [0.1, 0.15) is 10.5 Å². The Bertz CT molecular complexity index is 1000. The van der Waals surface area contributed by atoms with Gasteiger partial charge in [-0.15, -0.1) is 0 Å². The SMILES string of the molecule is O=C(O)c1nn(-c2ccccc2)c2c1ccc1ccccc12. The van der Waals surface area contributed by atoms with E-state index in [4.69, 9.17) is 0 Å². The molecule has 0 atom stereocenters. The molecule has 0 amide bonds. The molecule has 4 nitrogen and oxygen atoms in total. The van der Waals surface area contributed by atoms with Crippen LogP contribution < -0.4 is 0 Å². The van der Waals surface area contributed by atoms with E-state index in [1.807, 2.05) is 66.7 Å². The molecule has 0 radical (unpaired) electrons. The summed E-state index contributed by atoms with van der Waals surface area (Å²) in [4.78, 5) is 11.5. The summed E-state index contributed by atoms with van der Waals surface area (Å²) in [5.74, 6) is -1.02. The molecule has 1 aromatic heterocycles. The molecule has 0 aliphatic rings. The molecule has 1 N–H and O–H groups in total. The van der Waals surface area contributed by atoms with E-state index in [0.717, 1.165) is 22.0 Å². The van der Waals surface area contributed by atoms with Gasteiger partial charge in [-0.1, -0.05) is 48.5 Å². The Kier molecular flexibility index (Phi) is 2.69. The molecule has 22 heavy (non-hydrogen) atoms. The Morgan fingerprint density at radius 1 is 0.864 bits per heavy atom. The molecule has 0 bridgehead atoms. The molecule has 0 aliphatic carbocycles. The van der Waals surface area contributed by atoms with Gasteiger partial charge >= 0.3 is 5.97 Å². The van der Waals surface area contributed by atoms with Gasteiger partial charge in [-0.25, -0.2) is 9.48 Å². The Morgan fingerprint density at radius 3 is 2.36 bits per heavy atom. The van der Waals surface area contributed by atoms with E-state index < -0.39 is 5.97 Å². The van der Waals surface area contributed by atoms with Crippen LogP contribution >= 0.6 is 0 Å². The zero-order chi connectivity index (χ0) is 15.1. The second kappa shape index (κ2) is 4.70. The van der Waals surface area contributed by atoms with Gasteiger partial charge in [0, 0.05) is 10.8 Å². The average molecular weight is 288 g/mol. The second-order valence-corrected chi connectivity index (χ2v) is 5.08. The minimum absolute atomic E-state index is 0.0737. The molecule has 0 aliphatic heterocycles. The molecule has 3 aromatic carbocycles. The Balaban J connectivity index is 2.20. The van der Waals surface area contributed by atoms with Crippen molar-refractivity contribution in [2.24, 2.45) is 0 Å². The summed E-state index contributed by atoms with van der Waals surface area (Å²) in [6.07, 6.45) is 0. The summed E-state index contributed by atoms with van der Waals surface area (Å²) in [5, 5.41) is 16.5. The largest absolute Gasteiger partial charge is 0.476 e. The molecule has 4 aromatic rings. The number of carbonyl (C=O) groups is 1. The van der Waals surface area contributed by atoms with Crippen molar-refractivity contribution in [3.05, 3.63) is 72.4 Å². The van der Waals surface area contributed by atoms with Crippen molar-refractivity contribution in [1.82, 2.24) is 9.78 Å². The molecule has 106 valence electrons. The van der Waals surface area contributed by atoms with E-state index in [9.17, 15) is 9.90 Å². The van der Waals surface area contributed by atoms with E-state index in [2.05, 4.69) is 5.10 Å². The van der Waals surface area contributed by atoms with Gasteiger partial charge in [0.15, 0.2) is 5.69 Å². The summed E-state index contributed by atoms with van der Waals surface area (Å²) in [5.41, 5.74) is 1.74. The molecule has 4 rings (SSSR count). The van der Waals surface area contributed by atoms with E-state index in [0.29, 0.717) is 5.39 Å². The molecule has 0 unspecified atom stereocenters. The number of aromatic nitrogens is 2. The topological polar surface area (TPSA) is 55.1 Å². The van der Waals surface area contributed by atoms with Crippen LogP contribution in [0.3, 0.4) is 0 Å². The number of rotatable bonds is 2. The van der Waals surface area contributed by atoms with Crippen LogP contribution in [-0.2, 0) is 0 Å². The van der Waals surface area contributed by atoms with Gasteiger partial charge < -0.3 is 5.11 Å². The molecular weight excluding hydrogens is 276 g/mol. The minimum Gasteiger partial charge on any atom is -0.476 e. The highest BCUT2D eigenvalue weighted by Crippen LogP contribution is 2.29. The highest BCUT2D eigenvalue weighted by atomic mass is 16.4. The number of benzene rings is 3. The summed E-state index contributed by atoms with van der Waals surface area (Å²) in [6, 6.07) is 21.3. The maximum atomic E-state index is 11.5. The predicted molar refractivity (Wildman–Crippen MR) is 85.5 cm³/mol. The van der Waals surface area contributed by atoms with Gasteiger partial charge in [0.1, 0.15) is 0 Å². The van der Waals surface area contributed by atoms with Crippen molar-refractivity contribution >= 4 is 27.6 Å². The summed E-state index contributed by atoms with van der Waals surface area (Å²) < 4.78 is 1.71. The first kappa shape index (κ1) is 12.6. The molecular formula is C18H12N2O2. The van der Waals surface area contributed by atoms with Crippen molar-refractivity contribution in [3.63, 3.8) is 0 Å². The monoisotopic (exact) mass is 288 g/mol. The molecule has 0 spiro atoms. The standard InChI is InChI=1S/C18H12N2O2/c21-18(22)16-15-11-10-12-6-4-5-9-14(12)17(15)20(19-16)13-7-2-1-3-8-13/h1-11H,(H,21,22). The van der Waals surface area contributed by atoms with Crippen LogP contribution in [0.4, 0.5) is 0 Å². The van der Waals surface area contributed by atoms with Crippen molar-refractivity contribution in [2.75, 3.05) is 0 Å². The lowest BCUT2D eigenvalue weighted by Gasteiger charge is -2.05. The average Bonchev–Trinajstić information content (AvgIpc) is 2.96. The fourth-order valence-corrected chi connectivity index (χ4v) is 2.79. The normalized spacial score (nSPS) is 11.1. The number of hydrogen-bond donors (Lipinski definition) is 1. The van der Waals surface area contributed by atoms with Crippen molar-refractivity contribution in [3.8, 4) is 5.69 Å². The number of nitrogens with zero attached hydrogens (tertiary/aromatic N) is 2. The maximum Gasteiger partial charge on any atom is 0.357 e. The molecule has 0 fully saturated rings. The van der Waals surface area contributed by atoms with Gasteiger partial charge in [0.2, 0.25) is 0 Å². The first-order valence-electron chi connectivity index (χ1n) is 6.95. The number of fused-ring (bicyclic) bond motifs is 3. The van der Waals surface area contributed by atoms with Crippen LogP contribution in [0.15, 0.2) is 66.7 Å². The summed E-state index contributed by atoms with van der Waals surface area (Å²) >= 11 is 0. The zero-order valence-electron chi connectivity index (χ0n) is 11.6. The highest BCUT2D eigenvalue weighted by molar-refractivity contribution is 6.12. The van der Waals surface area contributed by atoms with Crippen LogP contribution in [0.2, 0.25) is 0 Å². The van der Waals surface area contributed by atoms with Crippen LogP contribution in [0.25, 0.3) is 27.4 Å². The molecule has 4 heteroatoms. The van der Waals surface area contributed by atoms with Crippen LogP contribution in [0, 0.1) is 0 Å². The number of aromatic carboxylic acids is 1. The van der Waals surface area contributed by atoms with Gasteiger partial charge in [-0.2, -0.15) is 5.10 Å².